The molecule has 0 spiro atoms. The lowest BCUT2D eigenvalue weighted by molar-refractivity contribution is -0.151. The minimum atomic E-state index is -0.519. The van der Waals surface area contributed by atoms with Crippen molar-refractivity contribution < 1.29 is 14.3 Å². The molecule has 4 nitrogen and oxygen atoms in total. The molecule has 0 aromatic heterocycles. The molecule has 1 fully saturated rings. The van der Waals surface area contributed by atoms with Crippen LogP contribution in [0.1, 0.15) is 32.6 Å². The molecule has 0 radical (unpaired) electrons. The number of hydrogen-bond acceptors (Lipinski definition) is 3. The first-order chi connectivity index (χ1) is 8.57. The highest BCUT2D eigenvalue weighted by Gasteiger charge is 2.43. The molecule has 2 aliphatic rings. The van der Waals surface area contributed by atoms with E-state index in [9.17, 15) is 9.59 Å². The quantitative estimate of drug-likeness (QED) is 0.555. The van der Waals surface area contributed by atoms with Crippen molar-refractivity contribution in [2.75, 3.05) is 20.2 Å². The molecular weight excluding hydrogens is 230 g/mol. The first-order valence-corrected chi connectivity index (χ1v) is 6.59. The van der Waals surface area contributed by atoms with E-state index in [-0.39, 0.29) is 17.8 Å². The smallest absolute Gasteiger partial charge is 0.313 e. The van der Waals surface area contributed by atoms with Gasteiger partial charge in [0, 0.05) is 19.0 Å². The summed E-state index contributed by atoms with van der Waals surface area (Å²) >= 11 is 0. The first-order valence-electron chi connectivity index (χ1n) is 6.59. The van der Waals surface area contributed by atoms with E-state index in [4.69, 9.17) is 4.74 Å². The number of ether oxygens (including phenoxy) is 1. The van der Waals surface area contributed by atoms with Crippen molar-refractivity contribution in [2.45, 2.75) is 32.6 Å². The second-order valence-corrected chi connectivity index (χ2v) is 5.54. The topological polar surface area (TPSA) is 46.6 Å². The normalized spacial score (nSPS) is 31.4. The van der Waals surface area contributed by atoms with Crippen molar-refractivity contribution in [1.29, 1.82) is 0 Å². The van der Waals surface area contributed by atoms with Gasteiger partial charge >= 0.3 is 5.97 Å². The van der Waals surface area contributed by atoms with Crippen molar-refractivity contribution in [2.24, 2.45) is 11.3 Å². The summed E-state index contributed by atoms with van der Waals surface area (Å²) in [4.78, 5) is 25.9. The Morgan fingerprint density at radius 1 is 1.39 bits per heavy atom. The van der Waals surface area contributed by atoms with Crippen LogP contribution >= 0.6 is 0 Å². The summed E-state index contributed by atoms with van der Waals surface area (Å²) in [5.41, 5.74) is -0.519. The van der Waals surface area contributed by atoms with Crippen LogP contribution < -0.4 is 0 Å². The number of likely N-dealkylation sites (tertiary alicyclic amines) is 1. The van der Waals surface area contributed by atoms with E-state index in [0.29, 0.717) is 19.5 Å². The molecule has 0 N–H and O–H groups in total. The number of esters is 1. The third kappa shape index (κ3) is 2.42. The Morgan fingerprint density at radius 3 is 2.78 bits per heavy atom. The van der Waals surface area contributed by atoms with E-state index in [1.54, 1.807) is 0 Å². The lowest BCUT2D eigenvalue weighted by Gasteiger charge is -2.26. The Morgan fingerprint density at radius 2 is 2.17 bits per heavy atom. The molecule has 1 heterocycles. The lowest BCUT2D eigenvalue weighted by Crippen LogP contribution is -2.38. The van der Waals surface area contributed by atoms with Gasteiger partial charge in [-0.1, -0.05) is 12.2 Å². The van der Waals surface area contributed by atoms with Gasteiger partial charge in [-0.25, -0.2) is 0 Å². The predicted molar refractivity (Wildman–Crippen MR) is 67.8 cm³/mol. The molecule has 100 valence electrons. The third-order valence-electron chi connectivity index (χ3n) is 4.08. The monoisotopic (exact) mass is 251 g/mol. The van der Waals surface area contributed by atoms with Crippen molar-refractivity contribution in [3.63, 3.8) is 0 Å². The summed E-state index contributed by atoms with van der Waals surface area (Å²) in [6.45, 7) is 3.05. The van der Waals surface area contributed by atoms with Crippen LogP contribution in [-0.2, 0) is 14.3 Å². The van der Waals surface area contributed by atoms with Crippen LogP contribution in [-0.4, -0.2) is 37.0 Å². The summed E-state index contributed by atoms with van der Waals surface area (Å²) < 4.78 is 4.82. The average molecular weight is 251 g/mol. The molecule has 2 atom stereocenters. The molecule has 2 unspecified atom stereocenters. The number of methoxy groups -OCH3 is 1. The molecule has 1 aliphatic heterocycles. The zero-order chi connectivity index (χ0) is 13.2. The molecule has 1 aliphatic carbocycles. The Labute approximate surface area is 108 Å². The summed E-state index contributed by atoms with van der Waals surface area (Å²) in [7, 11) is 1.41. The second-order valence-electron chi connectivity index (χ2n) is 5.54. The van der Waals surface area contributed by atoms with Gasteiger partial charge in [-0.05, 0) is 32.6 Å². The molecule has 0 bridgehead atoms. The standard InChI is InChI=1S/C14H21NO3/c1-14(13(17)18-2)8-9-15(10-14)12(16)11-6-4-3-5-7-11/h3-4,11H,5-10H2,1-2H3. The van der Waals surface area contributed by atoms with Crippen LogP contribution in [0, 0.1) is 11.3 Å². The summed E-state index contributed by atoms with van der Waals surface area (Å²) in [6, 6.07) is 0. The first kappa shape index (κ1) is 13.1. The number of amides is 1. The number of rotatable bonds is 2. The maximum atomic E-state index is 12.3. The van der Waals surface area contributed by atoms with Gasteiger partial charge in [0.1, 0.15) is 0 Å². The fourth-order valence-electron chi connectivity index (χ4n) is 2.84. The van der Waals surface area contributed by atoms with Crippen molar-refractivity contribution >= 4 is 11.9 Å². The van der Waals surface area contributed by atoms with E-state index >= 15 is 0 Å². The zero-order valence-electron chi connectivity index (χ0n) is 11.1. The Kier molecular flexibility index (Phi) is 3.73. The van der Waals surface area contributed by atoms with Gasteiger partial charge in [-0.15, -0.1) is 0 Å². The van der Waals surface area contributed by atoms with E-state index in [2.05, 4.69) is 12.2 Å². The van der Waals surface area contributed by atoms with Crippen LogP contribution in [0.15, 0.2) is 12.2 Å². The Bertz CT molecular complexity index is 377. The number of hydrogen-bond donors (Lipinski definition) is 0. The van der Waals surface area contributed by atoms with Crippen molar-refractivity contribution in [3.8, 4) is 0 Å². The highest BCUT2D eigenvalue weighted by atomic mass is 16.5. The molecule has 0 aromatic carbocycles. The largest absolute Gasteiger partial charge is 0.469 e. The van der Waals surface area contributed by atoms with Crippen LogP contribution in [0.2, 0.25) is 0 Å². The molecule has 1 amide bonds. The van der Waals surface area contributed by atoms with E-state index in [0.717, 1.165) is 19.3 Å². The van der Waals surface area contributed by atoms with Gasteiger partial charge < -0.3 is 9.64 Å². The van der Waals surface area contributed by atoms with E-state index in [1.807, 2.05) is 11.8 Å². The molecule has 1 saturated heterocycles. The number of carbonyl (C=O) groups excluding carboxylic acids is 2. The van der Waals surface area contributed by atoms with Gasteiger partial charge in [-0.2, -0.15) is 0 Å². The Balaban J connectivity index is 1.98. The number of carbonyl (C=O) groups is 2. The number of allylic oxidation sites excluding steroid dienone is 2. The van der Waals surface area contributed by atoms with Gasteiger partial charge in [0.15, 0.2) is 0 Å². The second kappa shape index (κ2) is 5.12. The van der Waals surface area contributed by atoms with Crippen molar-refractivity contribution in [3.05, 3.63) is 12.2 Å². The molecule has 0 aromatic rings. The van der Waals surface area contributed by atoms with Gasteiger partial charge in [-0.3, -0.25) is 9.59 Å². The minimum Gasteiger partial charge on any atom is -0.469 e. The fraction of sp³-hybridized carbons (Fsp3) is 0.714. The lowest BCUT2D eigenvalue weighted by atomic mass is 9.90. The van der Waals surface area contributed by atoms with Crippen LogP contribution in [0.5, 0.6) is 0 Å². The van der Waals surface area contributed by atoms with Crippen LogP contribution in [0.3, 0.4) is 0 Å². The SMILES string of the molecule is COC(=O)C1(C)CCN(C(=O)C2CC=CCC2)C1. The van der Waals surface area contributed by atoms with Gasteiger partial charge in [0.05, 0.1) is 12.5 Å². The maximum absolute atomic E-state index is 12.3. The van der Waals surface area contributed by atoms with Gasteiger partial charge in [0.25, 0.3) is 0 Å². The summed E-state index contributed by atoms with van der Waals surface area (Å²) in [5, 5.41) is 0. The van der Waals surface area contributed by atoms with E-state index < -0.39 is 5.41 Å². The molecule has 0 saturated carbocycles. The van der Waals surface area contributed by atoms with Crippen LogP contribution in [0.25, 0.3) is 0 Å². The van der Waals surface area contributed by atoms with Crippen molar-refractivity contribution in [1.82, 2.24) is 4.90 Å². The molecular formula is C14H21NO3. The molecule has 18 heavy (non-hydrogen) atoms. The zero-order valence-corrected chi connectivity index (χ0v) is 11.1. The summed E-state index contributed by atoms with van der Waals surface area (Å²) in [6.07, 6.45) is 7.67. The fourth-order valence-corrected chi connectivity index (χ4v) is 2.84. The minimum absolute atomic E-state index is 0.106. The van der Waals surface area contributed by atoms with Gasteiger partial charge in [0.2, 0.25) is 5.91 Å². The third-order valence-corrected chi connectivity index (χ3v) is 4.08. The average Bonchev–Trinajstić information content (AvgIpc) is 2.82. The predicted octanol–water partition coefficient (Wildman–Crippen LogP) is 1.75. The summed E-state index contributed by atoms with van der Waals surface area (Å²) in [5.74, 6) is 0.100. The highest BCUT2D eigenvalue weighted by molar-refractivity contribution is 5.82. The number of nitrogens with zero attached hydrogens (tertiary/aromatic N) is 1. The Hall–Kier alpha value is -1.32. The molecule has 4 heteroatoms. The maximum Gasteiger partial charge on any atom is 0.313 e. The van der Waals surface area contributed by atoms with E-state index in [1.165, 1.54) is 7.11 Å². The molecule has 2 rings (SSSR count). The van der Waals surface area contributed by atoms with Crippen LogP contribution in [0.4, 0.5) is 0 Å². The highest BCUT2D eigenvalue weighted by Crippen LogP contribution is 2.33.